The third-order valence-corrected chi connectivity index (χ3v) is 7.94. The van der Waals surface area contributed by atoms with Gasteiger partial charge in [-0.1, -0.05) is 69.3 Å². The molecule has 194 valence electrons. The molecule has 0 atom stereocenters. The number of nitrogens with zero attached hydrogens (tertiary/aromatic N) is 2. The van der Waals surface area contributed by atoms with Gasteiger partial charge in [-0.25, -0.2) is 4.90 Å². The highest BCUT2D eigenvalue weighted by Gasteiger charge is 2.43. The molecule has 0 spiro atoms. The Balaban J connectivity index is 1.38. The number of amides is 2. The Labute approximate surface area is 230 Å². The molecular weight excluding hydrogens is 500 g/mol. The maximum Gasteiger partial charge on any atom is 0.266 e. The summed E-state index contributed by atoms with van der Waals surface area (Å²) in [6, 6.07) is 25.1. The molecular formula is C34H24N2O4. The van der Waals surface area contributed by atoms with Crippen molar-refractivity contribution in [2.45, 2.75) is 32.1 Å². The van der Waals surface area contributed by atoms with E-state index in [2.05, 4.69) is 0 Å². The molecule has 4 aromatic carbocycles. The Kier molecular flexibility index (Phi) is 4.98. The third-order valence-electron chi connectivity index (χ3n) is 7.94. The molecule has 0 bridgehead atoms. The number of para-hydroxylation sites is 1. The van der Waals surface area contributed by atoms with Crippen molar-refractivity contribution in [1.29, 1.82) is 0 Å². The van der Waals surface area contributed by atoms with E-state index >= 15 is 0 Å². The zero-order valence-corrected chi connectivity index (χ0v) is 22.2. The van der Waals surface area contributed by atoms with Gasteiger partial charge in [0.1, 0.15) is 5.92 Å². The van der Waals surface area contributed by atoms with Crippen LogP contribution < -0.4 is 4.90 Å². The van der Waals surface area contributed by atoms with Crippen LogP contribution in [0.15, 0.2) is 84.9 Å². The van der Waals surface area contributed by atoms with E-state index in [1.54, 1.807) is 54.6 Å². The van der Waals surface area contributed by atoms with E-state index in [0.29, 0.717) is 38.8 Å². The van der Waals surface area contributed by atoms with Crippen molar-refractivity contribution < 1.29 is 19.2 Å². The molecule has 2 heterocycles. The molecule has 1 aliphatic carbocycles. The molecule has 2 aliphatic rings. The molecule has 0 unspecified atom stereocenters. The summed E-state index contributed by atoms with van der Waals surface area (Å²) in [6.45, 7) is 6.15. The minimum absolute atomic E-state index is 0.203. The van der Waals surface area contributed by atoms with Gasteiger partial charge in [0, 0.05) is 16.5 Å². The number of hydrogen-bond acceptors (Lipinski definition) is 5. The second-order valence-electron chi connectivity index (χ2n) is 11.4. The van der Waals surface area contributed by atoms with Gasteiger partial charge >= 0.3 is 0 Å². The Morgan fingerprint density at radius 1 is 0.650 bits per heavy atom. The topological polar surface area (TPSA) is 84.4 Å². The molecule has 2 amide bonds. The predicted molar refractivity (Wildman–Crippen MR) is 153 cm³/mol. The second-order valence-corrected chi connectivity index (χ2v) is 11.4. The van der Waals surface area contributed by atoms with Crippen LogP contribution in [0.25, 0.3) is 21.7 Å². The van der Waals surface area contributed by atoms with Crippen molar-refractivity contribution in [1.82, 2.24) is 4.98 Å². The summed E-state index contributed by atoms with van der Waals surface area (Å²) < 4.78 is 0. The number of pyridine rings is 1. The largest absolute Gasteiger partial charge is 0.293 e. The summed E-state index contributed by atoms with van der Waals surface area (Å²) in [5, 5.41) is 2.32. The Morgan fingerprint density at radius 2 is 1.25 bits per heavy atom. The molecule has 0 fully saturated rings. The lowest BCUT2D eigenvalue weighted by molar-refractivity contribution is 0.0884. The summed E-state index contributed by atoms with van der Waals surface area (Å²) in [5.41, 5.74) is 3.15. The van der Waals surface area contributed by atoms with Gasteiger partial charge in [0.2, 0.25) is 0 Å². The van der Waals surface area contributed by atoms with Crippen LogP contribution in [-0.2, 0) is 5.41 Å². The fourth-order valence-electron chi connectivity index (χ4n) is 5.78. The predicted octanol–water partition coefficient (Wildman–Crippen LogP) is 6.65. The van der Waals surface area contributed by atoms with Crippen LogP contribution in [0.2, 0.25) is 0 Å². The Bertz CT molecular complexity index is 1930. The minimum atomic E-state index is -1.15. The normalized spacial score (nSPS) is 15.4. The number of carbonyl (C=O) groups excluding carboxylic acids is 4. The number of carbonyl (C=O) groups is 4. The number of imide groups is 1. The molecule has 0 N–H and O–H groups in total. The SMILES string of the molecule is CC(C)(C)c1ccc2c(c1)C(=O)N(c1cc(C3C(=O)c4cc5ccccc5cc4C3=O)nc3ccccc13)C2=O. The molecule has 40 heavy (non-hydrogen) atoms. The molecule has 0 saturated carbocycles. The van der Waals surface area contributed by atoms with Crippen molar-refractivity contribution in [3.63, 3.8) is 0 Å². The van der Waals surface area contributed by atoms with Gasteiger partial charge in [0.25, 0.3) is 11.8 Å². The van der Waals surface area contributed by atoms with Crippen molar-refractivity contribution in [3.8, 4) is 0 Å². The van der Waals surface area contributed by atoms with Crippen LogP contribution in [0.1, 0.15) is 79.4 Å². The van der Waals surface area contributed by atoms with Gasteiger partial charge < -0.3 is 0 Å². The fourth-order valence-corrected chi connectivity index (χ4v) is 5.78. The lowest BCUT2D eigenvalue weighted by Gasteiger charge is -2.19. The summed E-state index contributed by atoms with van der Waals surface area (Å²) in [6.07, 6.45) is 0. The van der Waals surface area contributed by atoms with Crippen molar-refractivity contribution in [3.05, 3.63) is 118 Å². The smallest absolute Gasteiger partial charge is 0.266 e. The highest BCUT2D eigenvalue weighted by atomic mass is 16.2. The van der Waals surface area contributed by atoms with Gasteiger partial charge in [-0.2, -0.15) is 0 Å². The van der Waals surface area contributed by atoms with E-state index < -0.39 is 17.7 Å². The van der Waals surface area contributed by atoms with Crippen molar-refractivity contribution in [2.75, 3.05) is 4.90 Å². The van der Waals surface area contributed by atoms with E-state index in [9.17, 15) is 19.2 Å². The number of rotatable bonds is 2. The zero-order chi connectivity index (χ0) is 27.9. The Morgan fingerprint density at radius 3 is 1.90 bits per heavy atom. The summed E-state index contributed by atoms with van der Waals surface area (Å²) >= 11 is 0. The van der Waals surface area contributed by atoms with E-state index in [0.717, 1.165) is 21.2 Å². The maximum absolute atomic E-state index is 13.8. The van der Waals surface area contributed by atoms with E-state index in [1.165, 1.54) is 0 Å². The lowest BCUT2D eigenvalue weighted by Crippen LogP contribution is -2.30. The molecule has 6 nitrogen and oxygen atoms in total. The van der Waals surface area contributed by atoms with Gasteiger partial charge in [-0.3, -0.25) is 24.2 Å². The fraction of sp³-hybridized carbons (Fsp3) is 0.147. The van der Waals surface area contributed by atoms with Crippen LogP contribution >= 0.6 is 0 Å². The lowest BCUT2D eigenvalue weighted by atomic mass is 9.85. The monoisotopic (exact) mass is 524 g/mol. The molecule has 0 saturated heterocycles. The average molecular weight is 525 g/mol. The zero-order valence-electron chi connectivity index (χ0n) is 22.2. The van der Waals surface area contributed by atoms with Crippen LogP contribution in [-0.4, -0.2) is 28.4 Å². The van der Waals surface area contributed by atoms with Gasteiger partial charge in [-0.05, 0) is 58.1 Å². The van der Waals surface area contributed by atoms with Crippen LogP contribution in [0.3, 0.4) is 0 Å². The summed E-state index contributed by atoms with van der Waals surface area (Å²) in [7, 11) is 0. The van der Waals surface area contributed by atoms with Crippen LogP contribution in [0.5, 0.6) is 0 Å². The second kappa shape index (κ2) is 8.26. The van der Waals surface area contributed by atoms with Crippen molar-refractivity contribution in [2.24, 2.45) is 0 Å². The molecule has 1 aromatic heterocycles. The highest BCUT2D eigenvalue weighted by molar-refractivity contribution is 6.36. The number of Topliss-reactive ketones (excluding diaryl/α,β-unsaturated/α-hetero) is 2. The number of hydrogen-bond donors (Lipinski definition) is 0. The van der Waals surface area contributed by atoms with E-state index in [1.807, 2.05) is 51.1 Å². The highest BCUT2D eigenvalue weighted by Crippen LogP contribution is 2.40. The number of anilines is 1. The third kappa shape index (κ3) is 3.39. The van der Waals surface area contributed by atoms with Crippen LogP contribution in [0.4, 0.5) is 5.69 Å². The maximum atomic E-state index is 13.8. The molecule has 5 aromatic rings. The van der Waals surface area contributed by atoms with Gasteiger partial charge in [0.15, 0.2) is 11.6 Å². The first kappa shape index (κ1) is 24.1. The quantitative estimate of drug-likeness (QED) is 0.191. The number of benzene rings is 4. The van der Waals surface area contributed by atoms with Crippen LogP contribution in [0, 0.1) is 0 Å². The molecule has 7 rings (SSSR count). The standard InChI is InChI=1S/C34H24N2O4/c1-34(2,3)20-12-13-21-25(16-20)33(40)36(32(21)39)28-17-27(35-26-11-7-6-10-22(26)28)29-30(37)23-14-18-8-4-5-9-19(18)15-24(23)31(29)38/h4-17,29H,1-3H3. The Hall–Kier alpha value is -4.97. The first-order valence-electron chi connectivity index (χ1n) is 13.2. The number of ketones is 2. The van der Waals surface area contributed by atoms with Gasteiger partial charge in [-0.15, -0.1) is 0 Å². The molecule has 6 heteroatoms. The van der Waals surface area contributed by atoms with E-state index in [-0.39, 0.29) is 22.7 Å². The molecule has 1 aliphatic heterocycles. The van der Waals surface area contributed by atoms with E-state index in [4.69, 9.17) is 4.98 Å². The molecule has 0 radical (unpaired) electrons. The first-order chi connectivity index (χ1) is 19.1. The summed E-state index contributed by atoms with van der Waals surface area (Å²) in [5.74, 6) is -2.71. The number of fused-ring (bicyclic) bond motifs is 4. The van der Waals surface area contributed by atoms with Gasteiger partial charge in [0.05, 0.1) is 28.0 Å². The first-order valence-corrected chi connectivity index (χ1v) is 13.2. The number of aromatic nitrogens is 1. The average Bonchev–Trinajstić information content (AvgIpc) is 3.34. The van der Waals surface area contributed by atoms with Crippen molar-refractivity contribution >= 4 is 50.7 Å². The minimum Gasteiger partial charge on any atom is -0.293 e. The summed E-state index contributed by atoms with van der Waals surface area (Å²) in [4.78, 5) is 60.5.